The lowest BCUT2D eigenvalue weighted by molar-refractivity contribution is -0.191. The summed E-state index contributed by atoms with van der Waals surface area (Å²) in [6, 6.07) is 0. The van der Waals surface area contributed by atoms with Crippen molar-refractivity contribution in [2.75, 3.05) is 0 Å². The van der Waals surface area contributed by atoms with Crippen LogP contribution in [-0.4, -0.2) is 23.7 Å². The highest BCUT2D eigenvalue weighted by atomic mass is 31.2. The molecular weight excluding hydrogens is 430 g/mol. The summed E-state index contributed by atoms with van der Waals surface area (Å²) < 4.78 is 136. The van der Waals surface area contributed by atoms with Gasteiger partial charge >= 0.3 is 19.4 Å². The molecule has 0 saturated heterocycles. The summed E-state index contributed by atoms with van der Waals surface area (Å²) in [6.07, 6.45) is -12.0. The van der Waals surface area contributed by atoms with Crippen molar-refractivity contribution in [3.63, 3.8) is 0 Å². The molecule has 0 heterocycles. The van der Waals surface area contributed by atoms with E-state index in [0.29, 0.717) is 0 Å². The second-order valence-electron chi connectivity index (χ2n) is 7.94. The maximum Gasteiger partial charge on any atom is 0.464 e. The topological polar surface area (TPSA) is 35.5 Å². The minimum absolute atomic E-state index is 0.444. The van der Waals surface area contributed by atoms with E-state index in [2.05, 4.69) is 9.46 Å². The van der Waals surface area contributed by atoms with Crippen LogP contribution in [0.25, 0.3) is 0 Å². The van der Waals surface area contributed by atoms with Crippen LogP contribution in [0.5, 0.6) is 0 Å². The zero-order chi connectivity index (χ0) is 22.6. The van der Waals surface area contributed by atoms with Gasteiger partial charge in [0.25, 0.3) is 0 Å². The van der Waals surface area contributed by atoms with E-state index in [1.54, 1.807) is 0 Å². The SMILES string of the molecule is CC(CC(C)(C)C)C(F)(C(F)CCCCC(F)(F)F)C(F)(F)P(=O)(OF)OF. The van der Waals surface area contributed by atoms with Crippen molar-refractivity contribution < 1.29 is 53.8 Å². The molecule has 0 aromatic heterocycles. The van der Waals surface area contributed by atoms with E-state index in [9.17, 15) is 40.0 Å². The van der Waals surface area contributed by atoms with Gasteiger partial charge < -0.3 is 0 Å². The first-order valence-electron chi connectivity index (χ1n) is 8.36. The first-order chi connectivity index (χ1) is 12.4. The van der Waals surface area contributed by atoms with E-state index in [4.69, 9.17) is 0 Å². The van der Waals surface area contributed by atoms with E-state index >= 15 is 4.39 Å². The number of hydrogen-bond donors (Lipinski definition) is 0. The Morgan fingerprint density at radius 2 is 1.39 bits per heavy atom. The molecule has 0 rings (SSSR count). The maximum atomic E-state index is 15.4. The van der Waals surface area contributed by atoms with Crippen LogP contribution in [0.4, 0.5) is 39.8 Å². The summed E-state index contributed by atoms with van der Waals surface area (Å²) in [5.74, 6) is -1.96. The summed E-state index contributed by atoms with van der Waals surface area (Å²) in [4.78, 5) is 0. The summed E-state index contributed by atoms with van der Waals surface area (Å²) in [6.45, 7) is 5.25. The highest BCUT2D eigenvalue weighted by Gasteiger charge is 2.75. The summed E-state index contributed by atoms with van der Waals surface area (Å²) in [7, 11) is -6.71. The van der Waals surface area contributed by atoms with Crippen LogP contribution in [0, 0.1) is 11.3 Å². The average Bonchev–Trinajstić information content (AvgIpc) is 2.53. The number of rotatable bonds is 11. The molecule has 0 N–H and O–H groups in total. The van der Waals surface area contributed by atoms with Gasteiger partial charge in [-0.1, -0.05) is 43.6 Å². The van der Waals surface area contributed by atoms with Gasteiger partial charge in [-0.05, 0) is 33.7 Å². The van der Waals surface area contributed by atoms with Gasteiger partial charge in [0.05, 0.1) is 0 Å². The van der Waals surface area contributed by atoms with E-state index in [1.165, 1.54) is 20.8 Å². The Morgan fingerprint density at radius 3 is 1.75 bits per heavy atom. The molecule has 0 amide bonds. The first-order valence-corrected chi connectivity index (χ1v) is 9.90. The molecule has 170 valence electrons. The molecule has 0 saturated carbocycles. The molecule has 0 radical (unpaired) electrons. The Hall–Kier alpha value is -0.480. The predicted octanol–water partition coefficient (Wildman–Crippen LogP) is 7.82. The van der Waals surface area contributed by atoms with Crippen LogP contribution in [0.3, 0.4) is 0 Å². The van der Waals surface area contributed by atoms with Crippen molar-refractivity contribution in [1.29, 1.82) is 0 Å². The molecule has 3 unspecified atom stereocenters. The Labute approximate surface area is 157 Å². The minimum atomic E-state index is -6.71. The molecule has 13 heteroatoms. The zero-order valence-corrected chi connectivity index (χ0v) is 16.7. The van der Waals surface area contributed by atoms with Crippen molar-refractivity contribution in [1.82, 2.24) is 0 Å². The van der Waals surface area contributed by atoms with E-state index in [-0.39, 0.29) is 0 Å². The molecule has 28 heavy (non-hydrogen) atoms. The number of unbranched alkanes of at least 4 members (excludes halogenated alkanes) is 1. The van der Waals surface area contributed by atoms with E-state index in [0.717, 1.165) is 6.92 Å². The first kappa shape index (κ1) is 27.5. The van der Waals surface area contributed by atoms with Gasteiger partial charge in [0.2, 0.25) is 5.67 Å². The lowest BCUT2D eigenvalue weighted by atomic mass is 9.75. The van der Waals surface area contributed by atoms with E-state index in [1.807, 2.05) is 0 Å². The fourth-order valence-corrected chi connectivity index (χ4v) is 4.00. The second-order valence-corrected chi connectivity index (χ2v) is 9.77. The average molecular weight is 454 g/mol. The second kappa shape index (κ2) is 9.55. The van der Waals surface area contributed by atoms with Crippen molar-refractivity contribution in [3.05, 3.63) is 0 Å². The monoisotopic (exact) mass is 454 g/mol. The lowest BCUT2D eigenvalue weighted by Gasteiger charge is -2.42. The van der Waals surface area contributed by atoms with Gasteiger partial charge in [-0.2, -0.15) is 22.0 Å². The summed E-state index contributed by atoms with van der Waals surface area (Å²) >= 11 is 0. The summed E-state index contributed by atoms with van der Waals surface area (Å²) in [5.41, 5.74) is -10.9. The number of alkyl halides is 7. The number of halogens is 9. The number of hydrogen-bond acceptors (Lipinski definition) is 3. The molecule has 3 atom stereocenters. The van der Waals surface area contributed by atoms with Crippen molar-refractivity contribution in [2.24, 2.45) is 11.3 Å². The Balaban J connectivity index is 5.83. The molecule has 3 nitrogen and oxygen atoms in total. The van der Waals surface area contributed by atoms with Crippen LogP contribution in [0.1, 0.15) is 59.8 Å². The van der Waals surface area contributed by atoms with Crippen LogP contribution in [0.2, 0.25) is 0 Å². The third kappa shape index (κ3) is 6.52. The zero-order valence-electron chi connectivity index (χ0n) is 15.8. The quantitative estimate of drug-likeness (QED) is 0.181. The molecule has 0 aromatic rings. The van der Waals surface area contributed by atoms with Crippen molar-refractivity contribution in [3.8, 4) is 0 Å². The fourth-order valence-electron chi connectivity index (χ4n) is 3.03. The Kier molecular flexibility index (Phi) is 9.39. The van der Waals surface area contributed by atoms with Gasteiger partial charge in [-0.3, -0.25) is 0 Å². The minimum Gasteiger partial charge on any atom is -0.248 e. The molecule has 0 aliphatic heterocycles. The lowest BCUT2D eigenvalue weighted by Crippen LogP contribution is -2.56. The fraction of sp³-hybridized carbons (Fsp3) is 1.00. The molecule has 0 aromatic carbocycles. The van der Waals surface area contributed by atoms with Crippen molar-refractivity contribution in [2.45, 2.75) is 83.5 Å². The third-order valence-electron chi connectivity index (χ3n) is 4.25. The Bertz CT molecular complexity index is 528. The van der Waals surface area contributed by atoms with Gasteiger partial charge in [-0.25, -0.2) is 13.3 Å². The standard InChI is InChI=1S/C15H24F9O3P/c1-10(9-12(2,3)4)14(20,15(21,22)28(25,26-23)27-24)11(16)7-5-6-8-13(17,18)19/h10-11H,5-9H2,1-4H3. The molecule has 0 bridgehead atoms. The largest absolute Gasteiger partial charge is 0.464 e. The van der Waals surface area contributed by atoms with Gasteiger partial charge in [-0.15, -0.1) is 0 Å². The van der Waals surface area contributed by atoms with Crippen LogP contribution in [-0.2, 0) is 14.0 Å². The molecule has 0 spiro atoms. The van der Waals surface area contributed by atoms with Crippen LogP contribution >= 0.6 is 7.60 Å². The van der Waals surface area contributed by atoms with E-state index < -0.39 is 74.7 Å². The highest BCUT2D eigenvalue weighted by molar-refractivity contribution is 7.55. The molecular formula is C15H24F9O3P. The van der Waals surface area contributed by atoms with Gasteiger partial charge in [0, 0.05) is 12.3 Å². The predicted molar refractivity (Wildman–Crippen MR) is 83.4 cm³/mol. The third-order valence-corrected chi connectivity index (χ3v) is 5.64. The Morgan fingerprint density at radius 1 is 0.929 bits per heavy atom. The normalized spacial score (nSPS) is 18.6. The van der Waals surface area contributed by atoms with Crippen molar-refractivity contribution >= 4 is 7.60 Å². The maximum absolute atomic E-state index is 15.4. The molecule has 0 fully saturated rings. The highest BCUT2D eigenvalue weighted by Crippen LogP contribution is 2.70. The van der Waals surface area contributed by atoms with Crippen LogP contribution < -0.4 is 0 Å². The molecule has 0 aliphatic carbocycles. The molecule has 0 aliphatic rings. The van der Waals surface area contributed by atoms with Gasteiger partial charge in [0.1, 0.15) is 6.17 Å². The smallest absolute Gasteiger partial charge is 0.248 e. The summed E-state index contributed by atoms with van der Waals surface area (Å²) in [5, 5.41) is 0. The van der Waals surface area contributed by atoms with Crippen LogP contribution in [0.15, 0.2) is 0 Å². The van der Waals surface area contributed by atoms with Gasteiger partial charge in [0.15, 0.2) is 0 Å².